The fourth-order valence-electron chi connectivity index (χ4n) is 1.63. The lowest BCUT2D eigenvalue weighted by Crippen LogP contribution is -1.97. The van der Waals surface area contributed by atoms with Crippen LogP contribution in [0.4, 0.5) is 5.69 Å². The predicted molar refractivity (Wildman–Crippen MR) is 84.2 cm³/mol. The van der Waals surface area contributed by atoms with Gasteiger partial charge < -0.3 is 10.1 Å². The summed E-state index contributed by atoms with van der Waals surface area (Å²) in [5, 5.41) is 3.05. The van der Waals surface area contributed by atoms with Gasteiger partial charge in [0.25, 0.3) is 0 Å². The number of rotatable bonds is 5. The maximum absolute atomic E-state index is 12.0. The lowest BCUT2D eigenvalue weighted by Gasteiger charge is -2.02. The first-order chi connectivity index (χ1) is 9.69. The van der Waals surface area contributed by atoms with Gasteiger partial charge in [0.15, 0.2) is 5.78 Å². The number of ether oxygens (including phenoxy) is 1. The molecule has 2 aromatic carbocycles. The van der Waals surface area contributed by atoms with Crippen LogP contribution in [0.5, 0.6) is 5.75 Å². The zero-order valence-corrected chi connectivity index (χ0v) is 12.6. The molecule has 0 aromatic heterocycles. The summed E-state index contributed by atoms with van der Waals surface area (Å²) in [7, 11) is 1.58. The van der Waals surface area contributed by atoms with Crippen molar-refractivity contribution in [1.29, 1.82) is 0 Å². The average Bonchev–Trinajstić information content (AvgIpc) is 2.49. The monoisotopic (exact) mass is 331 g/mol. The highest BCUT2D eigenvalue weighted by atomic mass is 79.9. The zero-order valence-electron chi connectivity index (χ0n) is 11.0. The molecule has 0 saturated carbocycles. The van der Waals surface area contributed by atoms with Gasteiger partial charge in [-0.15, -0.1) is 0 Å². The largest absolute Gasteiger partial charge is 0.497 e. The highest BCUT2D eigenvalue weighted by Crippen LogP contribution is 2.15. The maximum Gasteiger partial charge on any atom is 0.187 e. The fraction of sp³-hybridized carbons (Fsp3) is 0.0625. The van der Waals surface area contributed by atoms with Crippen LogP contribution in [0.15, 0.2) is 65.3 Å². The summed E-state index contributed by atoms with van der Waals surface area (Å²) in [5.41, 5.74) is 1.51. The van der Waals surface area contributed by atoms with Crippen molar-refractivity contribution in [2.24, 2.45) is 0 Å². The van der Waals surface area contributed by atoms with E-state index in [1.165, 1.54) is 6.08 Å². The van der Waals surface area contributed by atoms with Crippen molar-refractivity contribution in [3.8, 4) is 5.75 Å². The van der Waals surface area contributed by atoms with Crippen LogP contribution in [-0.4, -0.2) is 12.9 Å². The van der Waals surface area contributed by atoms with E-state index in [-0.39, 0.29) is 5.78 Å². The summed E-state index contributed by atoms with van der Waals surface area (Å²) < 4.78 is 6.11. The lowest BCUT2D eigenvalue weighted by molar-refractivity contribution is 0.104. The van der Waals surface area contributed by atoms with E-state index in [4.69, 9.17) is 4.74 Å². The number of methoxy groups -OCH3 is 1. The van der Waals surface area contributed by atoms with Gasteiger partial charge in [-0.05, 0) is 36.4 Å². The van der Waals surface area contributed by atoms with E-state index in [1.54, 1.807) is 37.6 Å². The van der Waals surface area contributed by atoms with Gasteiger partial charge in [-0.3, -0.25) is 4.79 Å². The van der Waals surface area contributed by atoms with Gasteiger partial charge in [0.2, 0.25) is 0 Å². The third-order valence-corrected chi connectivity index (χ3v) is 3.21. The average molecular weight is 332 g/mol. The number of allylic oxidation sites excluding steroid dienone is 1. The molecule has 0 bridgehead atoms. The van der Waals surface area contributed by atoms with Crippen molar-refractivity contribution >= 4 is 27.4 Å². The van der Waals surface area contributed by atoms with Crippen LogP contribution in [0, 0.1) is 0 Å². The van der Waals surface area contributed by atoms with E-state index in [9.17, 15) is 4.79 Å². The molecule has 4 heteroatoms. The maximum atomic E-state index is 12.0. The molecule has 0 atom stereocenters. The molecule has 0 radical (unpaired) electrons. The molecule has 2 aromatic rings. The second kappa shape index (κ2) is 6.91. The van der Waals surface area contributed by atoms with E-state index in [1.807, 2.05) is 24.3 Å². The van der Waals surface area contributed by atoms with Gasteiger partial charge in [-0.25, -0.2) is 0 Å². The van der Waals surface area contributed by atoms with E-state index in [0.29, 0.717) is 11.3 Å². The first-order valence-corrected chi connectivity index (χ1v) is 6.85. The summed E-state index contributed by atoms with van der Waals surface area (Å²) in [6.45, 7) is 0. The number of halogens is 1. The number of carbonyl (C=O) groups is 1. The third-order valence-electron chi connectivity index (χ3n) is 2.68. The summed E-state index contributed by atoms with van der Waals surface area (Å²) in [4.78, 5) is 12.0. The van der Waals surface area contributed by atoms with E-state index >= 15 is 0 Å². The predicted octanol–water partition coefficient (Wildman–Crippen LogP) is 4.27. The van der Waals surface area contributed by atoms with Gasteiger partial charge in [0.1, 0.15) is 5.75 Å². The SMILES string of the molecule is COc1cccc(C(=O)/C=C\Nc2ccc(Br)cc2)c1. The molecule has 20 heavy (non-hydrogen) atoms. The van der Waals surface area contributed by atoms with Crippen molar-refractivity contribution in [2.75, 3.05) is 12.4 Å². The van der Waals surface area contributed by atoms with Gasteiger partial charge in [-0.1, -0.05) is 28.1 Å². The zero-order chi connectivity index (χ0) is 14.4. The van der Waals surface area contributed by atoms with Crippen molar-refractivity contribution in [3.05, 3.63) is 70.8 Å². The number of anilines is 1. The summed E-state index contributed by atoms with van der Waals surface area (Å²) >= 11 is 3.37. The van der Waals surface area contributed by atoms with E-state index in [2.05, 4.69) is 21.2 Å². The number of hydrogen-bond acceptors (Lipinski definition) is 3. The van der Waals surface area contributed by atoms with Gasteiger partial charge in [0.05, 0.1) is 7.11 Å². The highest BCUT2D eigenvalue weighted by molar-refractivity contribution is 9.10. The van der Waals surface area contributed by atoms with Crippen LogP contribution in [0.2, 0.25) is 0 Å². The Kier molecular flexibility index (Phi) is 4.96. The molecule has 0 unspecified atom stereocenters. The molecule has 0 aliphatic heterocycles. The summed E-state index contributed by atoms with van der Waals surface area (Å²) in [5.74, 6) is 0.596. The molecule has 2 rings (SSSR count). The molecule has 0 fully saturated rings. The smallest absolute Gasteiger partial charge is 0.187 e. The van der Waals surface area contributed by atoms with E-state index < -0.39 is 0 Å². The van der Waals surface area contributed by atoms with Crippen LogP contribution in [0.25, 0.3) is 0 Å². The highest BCUT2D eigenvalue weighted by Gasteiger charge is 2.02. The Morgan fingerprint density at radius 2 is 1.95 bits per heavy atom. The number of benzene rings is 2. The molecule has 1 N–H and O–H groups in total. The second-order valence-electron chi connectivity index (χ2n) is 4.08. The molecule has 0 heterocycles. The second-order valence-corrected chi connectivity index (χ2v) is 5.00. The lowest BCUT2D eigenvalue weighted by atomic mass is 10.1. The Balaban J connectivity index is 2.00. The Labute approximate surface area is 126 Å². The molecule has 0 aliphatic rings. The first-order valence-electron chi connectivity index (χ1n) is 6.06. The minimum absolute atomic E-state index is 0.0755. The molecule has 102 valence electrons. The molecule has 0 saturated heterocycles. The van der Waals surface area contributed by atoms with Crippen molar-refractivity contribution in [1.82, 2.24) is 0 Å². The third kappa shape index (κ3) is 3.96. The van der Waals surface area contributed by atoms with Crippen LogP contribution < -0.4 is 10.1 Å². The topological polar surface area (TPSA) is 38.3 Å². The van der Waals surface area contributed by atoms with E-state index in [0.717, 1.165) is 10.2 Å². The Morgan fingerprint density at radius 1 is 1.20 bits per heavy atom. The number of hydrogen-bond donors (Lipinski definition) is 1. The summed E-state index contributed by atoms with van der Waals surface area (Å²) in [6, 6.07) is 14.8. The first kappa shape index (κ1) is 14.3. The van der Waals surface area contributed by atoms with Crippen molar-refractivity contribution in [2.45, 2.75) is 0 Å². The Morgan fingerprint density at radius 3 is 2.65 bits per heavy atom. The number of nitrogens with one attached hydrogen (secondary N) is 1. The standard InChI is InChI=1S/C16H14BrNO2/c1-20-15-4-2-3-12(11-15)16(19)9-10-18-14-7-5-13(17)6-8-14/h2-11,18H,1H3/b10-9-. The minimum atomic E-state index is -0.0755. The molecule has 0 aliphatic carbocycles. The van der Waals surface area contributed by atoms with Crippen LogP contribution in [0.1, 0.15) is 10.4 Å². The van der Waals surface area contributed by atoms with Crippen LogP contribution in [-0.2, 0) is 0 Å². The number of carbonyl (C=O) groups excluding carboxylic acids is 1. The molecule has 3 nitrogen and oxygen atoms in total. The fourth-order valence-corrected chi connectivity index (χ4v) is 1.90. The quantitative estimate of drug-likeness (QED) is 0.656. The molecular formula is C16H14BrNO2. The van der Waals surface area contributed by atoms with Gasteiger partial charge in [0, 0.05) is 28.0 Å². The Hall–Kier alpha value is -2.07. The summed E-state index contributed by atoms with van der Waals surface area (Å²) in [6.07, 6.45) is 3.13. The minimum Gasteiger partial charge on any atom is -0.497 e. The van der Waals surface area contributed by atoms with Crippen LogP contribution >= 0.6 is 15.9 Å². The van der Waals surface area contributed by atoms with Crippen molar-refractivity contribution in [3.63, 3.8) is 0 Å². The molecule has 0 spiro atoms. The van der Waals surface area contributed by atoms with Gasteiger partial charge in [-0.2, -0.15) is 0 Å². The van der Waals surface area contributed by atoms with Crippen LogP contribution in [0.3, 0.4) is 0 Å². The van der Waals surface area contributed by atoms with Crippen molar-refractivity contribution < 1.29 is 9.53 Å². The van der Waals surface area contributed by atoms with Gasteiger partial charge >= 0.3 is 0 Å². The normalized spacial score (nSPS) is 10.5. The molecule has 0 amide bonds. The Bertz CT molecular complexity index is 621. The molecular weight excluding hydrogens is 318 g/mol. The number of ketones is 1.